The fraction of sp³-hybridized carbons (Fsp3) is 0. The first-order valence-electron chi connectivity index (χ1n) is 4.78. The monoisotopic (exact) mass is 234 g/mol. The van der Waals surface area contributed by atoms with Gasteiger partial charge in [-0.1, -0.05) is 23.7 Å². The van der Waals surface area contributed by atoms with Crippen LogP contribution >= 0.6 is 11.6 Å². The molecule has 0 aliphatic heterocycles. The van der Waals surface area contributed by atoms with Gasteiger partial charge in [0.05, 0.1) is 5.02 Å². The number of benzene rings is 2. The molecule has 0 heterocycles. The van der Waals surface area contributed by atoms with Gasteiger partial charge < -0.3 is 10.2 Å². The van der Waals surface area contributed by atoms with Crippen LogP contribution in [0.2, 0.25) is 5.02 Å². The van der Waals surface area contributed by atoms with Gasteiger partial charge in [-0.15, -0.1) is 0 Å². The summed E-state index contributed by atoms with van der Waals surface area (Å²) in [5.74, 6) is 6.62. The van der Waals surface area contributed by atoms with Gasteiger partial charge in [-0.2, -0.15) is 0 Å². The summed E-state index contributed by atoms with van der Waals surface area (Å²) in [6.07, 6.45) is 0. The average molecular weight is 235 g/mol. The normalized spacial score (nSPS) is 9.88. The molecule has 0 aromatic heterocycles. The molecule has 0 spiro atoms. The molecule has 3 nitrogen and oxygen atoms in total. The number of halogens is 1. The van der Waals surface area contributed by atoms with E-state index in [-0.39, 0.29) is 0 Å². The van der Waals surface area contributed by atoms with Gasteiger partial charge in [-0.3, -0.25) is 5.84 Å². The Kier molecular flexibility index (Phi) is 3.29. The van der Waals surface area contributed by atoms with E-state index in [1.54, 1.807) is 6.07 Å². The van der Waals surface area contributed by atoms with Gasteiger partial charge in [0.15, 0.2) is 0 Å². The minimum Gasteiger partial charge on any atom is -0.456 e. The van der Waals surface area contributed by atoms with E-state index in [1.807, 2.05) is 42.5 Å². The first-order valence-corrected chi connectivity index (χ1v) is 5.16. The fourth-order valence-electron chi connectivity index (χ4n) is 1.27. The van der Waals surface area contributed by atoms with Crippen LogP contribution in [0.5, 0.6) is 11.5 Å². The van der Waals surface area contributed by atoms with Crippen molar-refractivity contribution in [2.75, 3.05) is 5.43 Å². The molecule has 3 N–H and O–H groups in total. The van der Waals surface area contributed by atoms with Crippen LogP contribution in [0.1, 0.15) is 0 Å². The summed E-state index contributed by atoms with van der Waals surface area (Å²) in [5, 5.41) is 0.587. The topological polar surface area (TPSA) is 47.3 Å². The summed E-state index contributed by atoms with van der Waals surface area (Å²) in [6, 6.07) is 14.6. The number of hydrogen-bond acceptors (Lipinski definition) is 3. The van der Waals surface area contributed by atoms with Crippen LogP contribution < -0.4 is 16.0 Å². The molecule has 0 atom stereocenters. The standard InChI is InChI=1S/C12H11ClN2O/c13-11-3-1-2-4-12(11)16-10-7-5-9(15-14)6-8-10/h1-8,15H,14H2. The number of para-hydroxylation sites is 1. The summed E-state index contributed by atoms with van der Waals surface area (Å²) in [6.45, 7) is 0. The van der Waals surface area contributed by atoms with E-state index >= 15 is 0 Å². The molecule has 0 bridgehead atoms. The molecular weight excluding hydrogens is 224 g/mol. The van der Waals surface area contributed by atoms with E-state index in [0.29, 0.717) is 16.5 Å². The quantitative estimate of drug-likeness (QED) is 0.632. The Labute approximate surface area is 98.8 Å². The van der Waals surface area contributed by atoms with E-state index in [0.717, 1.165) is 5.69 Å². The number of nitrogen functional groups attached to an aromatic ring is 1. The lowest BCUT2D eigenvalue weighted by Crippen LogP contribution is -2.05. The number of nitrogens with one attached hydrogen (secondary N) is 1. The molecule has 0 radical (unpaired) electrons. The Bertz CT molecular complexity index is 471. The van der Waals surface area contributed by atoms with Crippen molar-refractivity contribution < 1.29 is 4.74 Å². The third kappa shape index (κ3) is 2.45. The number of hydrogen-bond donors (Lipinski definition) is 2. The summed E-state index contributed by atoms with van der Waals surface area (Å²) >= 11 is 5.98. The van der Waals surface area contributed by atoms with Gasteiger partial charge in [-0.25, -0.2) is 0 Å². The number of hydrazine groups is 1. The van der Waals surface area contributed by atoms with Gasteiger partial charge in [0.1, 0.15) is 11.5 Å². The van der Waals surface area contributed by atoms with E-state index in [2.05, 4.69) is 5.43 Å². The molecule has 2 aromatic carbocycles. The first-order chi connectivity index (χ1) is 7.79. The minimum atomic E-state index is 0.587. The number of ether oxygens (including phenoxy) is 1. The van der Waals surface area contributed by atoms with Gasteiger partial charge in [-0.05, 0) is 36.4 Å². The number of rotatable bonds is 3. The number of nitrogens with two attached hydrogens (primary N) is 1. The zero-order valence-corrected chi connectivity index (χ0v) is 9.24. The second kappa shape index (κ2) is 4.88. The SMILES string of the molecule is NNc1ccc(Oc2ccccc2Cl)cc1. The van der Waals surface area contributed by atoms with E-state index in [4.69, 9.17) is 22.2 Å². The van der Waals surface area contributed by atoms with Crippen molar-refractivity contribution >= 4 is 17.3 Å². The summed E-state index contributed by atoms with van der Waals surface area (Å²) < 4.78 is 5.61. The smallest absolute Gasteiger partial charge is 0.146 e. The van der Waals surface area contributed by atoms with E-state index < -0.39 is 0 Å². The lowest BCUT2D eigenvalue weighted by atomic mass is 10.3. The van der Waals surface area contributed by atoms with Crippen LogP contribution in [0, 0.1) is 0 Å². The summed E-state index contributed by atoms with van der Waals surface area (Å²) in [7, 11) is 0. The van der Waals surface area contributed by atoms with Gasteiger partial charge >= 0.3 is 0 Å². The van der Waals surface area contributed by atoms with E-state index in [9.17, 15) is 0 Å². The molecule has 0 aliphatic carbocycles. The van der Waals surface area contributed by atoms with Crippen LogP contribution in [-0.4, -0.2) is 0 Å². The Morgan fingerprint density at radius 2 is 1.69 bits per heavy atom. The van der Waals surface area contributed by atoms with Crippen molar-refractivity contribution in [3.05, 3.63) is 53.6 Å². The zero-order valence-electron chi connectivity index (χ0n) is 8.48. The Morgan fingerprint density at radius 1 is 1.00 bits per heavy atom. The molecule has 0 aliphatic rings. The average Bonchev–Trinajstić information content (AvgIpc) is 2.33. The lowest BCUT2D eigenvalue weighted by molar-refractivity contribution is 0.483. The maximum atomic E-state index is 5.98. The highest BCUT2D eigenvalue weighted by molar-refractivity contribution is 6.32. The third-order valence-electron chi connectivity index (χ3n) is 2.09. The van der Waals surface area contributed by atoms with Crippen molar-refractivity contribution in [3.63, 3.8) is 0 Å². The predicted octanol–water partition coefficient (Wildman–Crippen LogP) is 3.42. The van der Waals surface area contributed by atoms with Crippen LogP contribution in [0.4, 0.5) is 5.69 Å². The van der Waals surface area contributed by atoms with Crippen LogP contribution in [-0.2, 0) is 0 Å². The maximum Gasteiger partial charge on any atom is 0.146 e. The molecule has 16 heavy (non-hydrogen) atoms. The van der Waals surface area contributed by atoms with Crippen molar-refractivity contribution in [2.45, 2.75) is 0 Å². The third-order valence-corrected chi connectivity index (χ3v) is 2.40. The van der Waals surface area contributed by atoms with Crippen molar-refractivity contribution in [2.24, 2.45) is 5.84 Å². The summed E-state index contributed by atoms with van der Waals surface area (Å²) in [4.78, 5) is 0. The maximum absolute atomic E-state index is 5.98. The Balaban J connectivity index is 2.18. The highest BCUT2D eigenvalue weighted by Crippen LogP contribution is 2.29. The van der Waals surface area contributed by atoms with Crippen LogP contribution in [0.15, 0.2) is 48.5 Å². The predicted molar refractivity (Wildman–Crippen MR) is 65.8 cm³/mol. The number of anilines is 1. The molecule has 2 rings (SSSR count). The molecule has 0 amide bonds. The van der Waals surface area contributed by atoms with Gasteiger partial charge in [0.25, 0.3) is 0 Å². The van der Waals surface area contributed by atoms with Crippen molar-refractivity contribution in [1.82, 2.24) is 0 Å². The molecular formula is C12H11ClN2O. The molecule has 82 valence electrons. The van der Waals surface area contributed by atoms with Gasteiger partial charge in [0, 0.05) is 5.69 Å². The fourth-order valence-corrected chi connectivity index (χ4v) is 1.45. The first kappa shape index (κ1) is 10.8. The van der Waals surface area contributed by atoms with Crippen molar-refractivity contribution in [1.29, 1.82) is 0 Å². The molecule has 0 saturated carbocycles. The molecule has 4 heteroatoms. The molecule has 2 aromatic rings. The minimum absolute atomic E-state index is 0.587. The highest BCUT2D eigenvalue weighted by atomic mass is 35.5. The molecule has 0 saturated heterocycles. The van der Waals surface area contributed by atoms with E-state index in [1.165, 1.54) is 0 Å². The Hall–Kier alpha value is -1.71. The molecule has 0 unspecified atom stereocenters. The Morgan fingerprint density at radius 3 is 2.31 bits per heavy atom. The second-order valence-electron chi connectivity index (χ2n) is 3.20. The highest BCUT2D eigenvalue weighted by Gasteiger charge is 2.01. The summed E-state index contributed by atoms with van der Waals surface area (Å²) in [5.41, 5.74) is 3.37. The van der Waals surface area contributed by atoms with Crippen LogP contribution in [0.3, 0.4) is 0 Å². The molecule has 0 fully saturated rings. The van der Waals surface area contributed by atoms with Crippen molar-refractivity contribution in [3.8, 4) is 11.5 Å². The zero-order chi connectivity index (χ0) is 11.4. The second-order valence-corrected chi connectivity index (χ2v) is 3.61. The lowest BCUT2D eigenvalue weighted by Gasteiger charge is -2.07. The largest absolute Gasteiger partial charge is 0.456 e. The van der Waals surface area contributed by atoms with Gasteiger partial charge in [0.2, 0.25) is 0 Å². The van der Waals surface area contributed by atoms with Crippen LogP contribution in [0.25, 0.3) is 0 Å².